The summed E-state index contributed by atoms with van der Waals surface area (Å²) < 4.78 is 52.4. The number of sulfonamides is 1. The highest BCUT2D eigenvalue weighted by molar-refractivity contribution is 7.92. The summed E-state index contributed by atoms with van der Waals surface area (Å²) in [6, 6.07) is 0.565. The van der Waals surface area contributed by atoms with Gasteiger partial charge >= 0.3 is 5.69 Å². The van der Waals surface area contributed by atoms with Gasteiger partial charge < -0.3 is 5.32 Å². The Kier molecular flexibility index (Phi) is 4.37. The SMILES string of the molecule is O=[N+]([O-])c1cc(NS(=O)(=O)CC2CCCN2)c(F)cc1F. The van der Waals surface area contributed by atoms with Gasteiger partial charge in [-0.25, -0.2) is 12.8 Å². The van der Waals surface area contributed by atoms with E-state index in [4.69, 9.17) is 0 Å². The van der Waals surface area contributed by atoms with E-state index in [-0.39, 0.29) is 17.9 Å². The van der Waals surface area contributed by atoms with Crippen LogP contribution in [-0.2, 0) is 10.0 Å². The van der Waals surface area contributed by atoms with Crippen LogP contribution in [0.4, 0.5) is 20.2 Å². The molecule has 1 aliphatic rings. The van der Waals surface area contributed by atoms with Crippen molar-refractivity contribution in [3.63, 3.8) is 0 Å². The Bertz CT molecular complexity index is 660. The molecule has 0 aliphatic carbocycles. The standard InChI is InChI=1S/C11H13F2N3O4S/c12-8-4-9(13)11(16(17)18)5-10(8)15-21(19,20)6-7-2-1-3-14-7/h4-5,7,14-15H,1-3,6H2. The van der Waals surface area contributed by atoms with Crippen LogP contribution in [0.1, 0.15) is 12.8 Å². The van der Waals surface area contributed by atoms with Gasteiger partial charge in [-0.3, -0.25) is 14.8 Å². The molecule has 7 nitrogen and oxygen atoms in total. The van der Waals surface area contributed by atoms with Crippen LogP contribution in [0, 0.1) is 21.7 Å². The second-order valence-electron chi connectivity index (χ2n) is 4.72. The molecule has 116 valence electrons. The van der Waals surface area contributed by atoms with Gasteiger partial charge in [0.2, 0.25) is 15.8 Å². The average Bonchev–Trinajstić information content (AvgIpc) is 2.84. The van der Waals surface area contributed by atoms with E-state index in [1.165, 1.54) is 0 Å². The molecular weight excluding hydrogens is 308 g/mol. The monoisotopic (exact) mass is 321 g/mol. The molecule has 1 unspecified atom stereocenters. The van der Waals surface area contributed by atoms with Crippen molar-refractivity contribution >= 4 is 21.4 Å². The number of hydrogen-bond acceptors (Lipinski definition) is 5. The normalized spacial score (nSPS) is 18.7. The number of nitro groups is 1. The van der Waals surface area contributed by atoms with Gasteiger partial charge in [-0.05, 0) is 19.4 Å². The Hall–Kier alpha value is -1.81. The third-order valence-corrected chi connectivity index (χ3v) is 4.45. The smallest absolute Gasteiger partial charge is 0.307 e. The Morgan fingerprint density at radius 3 is 2.67 bits per heavy atom. The first kappa shape index (κ1) is 15.6. The number of nitrogens with one attached hydrogen (secondary N) is 2. The minimum atomic E-state index is -3.89. The minimum absolute atomic E-state index is 0.249. The molecule has 1 aromatic carbocycles. The van der Waals surface area contributed by atoms with Gasteiger partial charge in [-0.1, -0.05) is 0 Å². The van der Waals surface area contributed by atoms with Crippen LogP contribution in [-0.4, -0.2) is 31.7 Å². The Labute approximate surface area is 119 Å². The Morgan fingerprint density at radius 2 is 2.10 bits per heavy atom. The van der Waals surface area contributed by atoms with E-state index in [2.05, 4.69) is 5.32 Å². The lowest BCUT2D eigenvalue weighted by Gasteiger charge is -2.13. The lowest BCUT2D eigenvalue weighted by Crippen LogP contribution is -2.33. The number of halogens is 2. The fourth-order valence-corrected chi connectivity index (χ4v) is 3.52. The molecule has 2 rings (SSSR count). The van der Waals surface area contributed by atoms with Gasteiger partial charge in [-0.15, -0.1) is 0 Å². The van der Waals surface area contributed by atoms with Crippen molar-refractivity contribution in [2.75, 3.05) is 17.0 Å². The molecule has 10 heteroatoms. The molecule has 0 bridgehead atoms. The van der Waals surface area contributed by atoms with E-state index in [0.717, 1.165) is 6.42 Å². The zero-order valence-corrected chi connectivity index (χ0v) is 11.6. The number of rotatable bonds is 5. The first-order chi connectivity index (χ1) is 9.78. The lowest BCUT2D eigenvalue weighted by atomic mass is 10.2. The second kappa shape index (κ2) is 5.90. The van der Waals surface area contributed by atoms with Crippen LogP contribution in [0.5, 0.6) is 0 Å². The van der Waals surface area contributed by atoms with Crippen molar-refractivity contribution < 1.29 is 22.1 Å². The summed E-state index contributed by atoms with van der Waals surface area (Å²) in [4.78, 5) is 9.53. The summed E-state index contributed by atoms with van der Waals surface area (Å²) in [5.41, 5.74) is -1.63. The Morgan fingerprint density at radius 1 is 1.38 bits per heavy atom. The van der Waals surface area contributed by atoms with Crippen molar-refractivity contribution in [2.45, 2.75) is 18.9 Å². The maximum Gasteiger partial charge on any atom is 0.307 e. The second-order valence-corrected chi connectivity index (χ2v) is 6.48. The highest BCUT2D eigenvalue weighted by atomic mass is 32.2. The van der Waals surface area contributed by atoms with Crippen molar-refractivity contribution in [3.8, 4) is 0 Å². The minimum Gasteiger partial charge on any atom is -0.313 e. The van der Waals surface area contributed by atoms with Gasteiger partial charge in [0.25, 0.3) is 0 Å². The number of nitro benzene ring substituents is 1. The summed E-state index contributed by atoms with van der Waals surface area (Å²) in [5.74, 6) is -2.85. The molecule has 1 heterocycles. The van der Waals surface area contributed by atoms with E-state index in [1.807, 2.05) is 4.72 Å². The molecule has 2 N–H and O–H groups in total. The summed E-state index contributed by atoms with van der Waals surface area (Å²) in [6.07, 6.45) is 1.52. The van der Waals surface area contributed by atoms with Crippen LogP contribution in [0.15, 0.2) is 12.1 Å². The topological polar surface area (TPSA) is 101 Å². The zero-order valence-electron chi connectivity index (χ0n) is 10.8. The summed E-state index contributed by atoms with van der Waals surface area (Å²) in [7, 11) is -3.89. The summed E-state index contributed by atoms with van der Waals surface area (Å²) >= 11 is 0. The molecule has 0 saturated carbocycles. The number of benzene rings is 1. The molecule has 1 fully saturated rings. The van der Waals surface area contributed by atoms with Gasteiger partial charge in [0, 0.05) is 18.2 Å². The quantitative estimate of drug-likeness (QED) is 0.630. The van der Waals surface area contributed by atoms with Crippen molar-refractivity contribution in [1.82, 2.24) is 5.32 Å². The van der Waals surface area contributed by atoms with Gasteiger partial charge in [-0.2, -0.15) is 4.39 Å². The van der Waals surface area contributed by atoms with E-state index in [9.17, 15) is 27.3 Å². The molecule has 0 spiro atoms. The third kappa shape index (κ3) is 3.85. The van der Waals surface area contributed by atoms with Crippen LogP contribution in [0.2, 0.25) is 0 Å². The van der Waals surface area contributed by atoms with Crippen LogP contribution >= 0.6 is 0 Å². The average molecular weight is 321 g/mol. The molecule has 0 aromatic heterocycles. The zero-order chi connectivity index (χ0) is 15.6. The molecular formula is C11H13F2N3O4S. The van der Waals surface area contributed by atoms with Crippen molar-refractivity contribution in [3.05, 3.63) is 33.9 Å². The number of nitrogens with zero attached hydrogens (tertiary/aromatic N) is 1. The van der Waals surface area contributed by atoms with Crippen LogP contribution < -0.4 is 10.0 Å². The fraction of sp³-hybridized carbons (Fsp3) is 0.455. The molecule has 1 aliphatic heterocycles. The maximum absolute atomic E-state index is 13.5. The molecule has 0 amide bonds. The number of hydrogen-bond donors (Lipinski definition) is 2. The van der Waals surface area contributed by atoms with Crippen molar-refractivity contribution in [2.24, 2.45) is 0 Å². The predicted octanol–water partition coefficient (Wildman–Crippen LogP) is 1.37. The largest absolute Gasteiger partial charge is 0.313 e. The molecule has 1 saturated heterocycles. The van der Waals surface area contributed by atoms with Crippen LogP contribution in [0.3, 0.4) is 0 Å². The van der Waals surface area contributed by atoms with Gasteiger partial charge in [0.15, 0.2) is 5.82 Å². The van der Waals surface area contributed by atoms with Crippen molar-refractivity contribution in [1.29, 1.82) is 0 Å². The molecule has 1 atom stereocenters. The maximum atomic E-state index is 13.5. The summed E-state index contributed by atoms with van der Waals surface area (Å²) in [6.45, 7) is 0.705. The predicted molar refractivity (Wildman–Crippen MR) is 71.4 cm³/mol. The highest BCUT2D eigenvalue weighted by Crippen LogP contribution is 2.26. The number of anilines is 1. The van der Waals surface area contributed by atoms with E-state index < -0.39 is 38.0 Å². The third-order valence-electron chi connectivity index (χ3n) is 3.08. The highest BCUT2D eigenvalue weighted by Gasteiger charge is 2.25. The lowest BCUT2D eigenvalue weighted by molar-refractivity contribution is -0.387. The van der Waals surface area contributed by atoms with E-state index in [1.54, 1.807) is 0 Å². The van der Waals surface area contributed by atoms with E-state index in [0.29, 0.717) is 19.0 Å². The first-order valence-corrected chi connectivity index (χ1v) is 7.81. The molecule has 21 heavy (non-hydrogen) atoms. The first-order valence-electron chi connectivity index (χ1n) is 6.16. The molecule has 0 radical (unpaired) electrons. The molecule has 1 aromatic rings. The Balaban J connectivity index is 2.21. The van der Waals surface area contributed by atoms with E-state index >= 15 is 0 Å². The fourth-order valence-electron chi connectivity index (χ4n) is 2.13. The summed E-state index contributed by atoms with van der Waals surface area (Å²) in [5, 5.41) is 13.6. The van der Waals surface area contributed by atoms with Gasteiger partial charge in [0.1, 0.15) is 0 Å². The van der Waals surface area contributed by atoms with Crippen LogP contribution in [0.25, 0.3) is 0 Å². The van der Waals surface area contributed by atoms with Gasteiger partial charge in [0.05, 0.1) is 16.4 Å².